The number of nitrogens with one attached hydrogen (secondary N) is 2. The minimum Gasteiger partial charge on any atom is -0.396 e. The van der Waals surface area contributed by atoms with Crippen LogP contribution in [0.1, 0.15) is 52.4 Å². The summed E-state index contributed by atoms with van der Waals surface area (Å²) in [5.74, 6) is 0. The van der Waals surface area contributed by atoms with E-state index in [1.54, 1.807) is 6.08 Å². The van der Waals surface area contributed by atoms with Gasteiger partial charge in [-0.05, 0) is 44.2 Å². The molecule has 1 unspecified atom stereocenters. The van der Waals surface area contributed by atoms with Gasteiger partial charge in [0.2, 0.25) is 0 Å². The molecule has 3 nitrogen and oxygen atoms in total. The Morgan fingerprint density at radius 3 is 2.42 bits per heavy atom. The zero-order chi connectivity index (χ0) is 19.8. The largest absolute Gasteiger partial charge is 0.412 e. The Kier molecular flexibility index (Phi) is 13.8. The van der Waals surface area contributed by atoms with Crippen molar-refractivity contribution < 1.29 is 18.3 Å². The lowest BCUT2D eigenvalue weighted by Crippen LogP contribution is -2.38. The summed E-state index contributed by atoms with van der Waals surface area (Å²) in [4.78, 5) is 0. The molecule has 0 radical (unpaired) electrons. The Bertz CT molecular complexity index is 468. The minimum atomic E-state index is -4.39. The van der Waals surface area contributed by atoms with Crippen molar-refractivity contribution >= 4 is 0 Å². The van der Waals surface area contributed by atoms with E-state index >= 15 is 0 Å². The van der Waals surface area contributed by atoms with Crippen LogP contribution in [0.5, 0.6) is 0 Å². The molecule has 0 aliphatic rings. The first-order chi connectivity index (χ1) is 12.4. The first-order valence-electron chi connectivity index (χ1n) is 9.20. The zero-order valence-electron chi connectivity index (χ0n) is 15.9. The molecule has 0 fully saturated rings. The number of rotatable bonds is 14. The van der Waals surface area contributed by atoms with Crippen LogP contribution in [-0.2, 0) is 0 Å². The molecule has 26 heavy (non-hydrogen) atoms. The number of unbranched alkanes of at least 4 members (excludes halogenated alkanes) is 4. The Balaban J connectivity index is 4.65. The summed E-state index contributed by atoms with van der Waals surface area (Å²) in [6, 6.07) is 0. The number of hydrogen-bond acceptors (Lipinski definition) is 3. The highest BCUT2D eigenvalue weighted by atomic mass is 19.4. The maximum absolute atomic E-state index is 12.9. The first-order valence-corrected chi connectivity index (χ1v) is 9.20. The van der Waals surface area contributed by atoms with Gasteiger partial charge in [0.15, 0.2) is 0 Å². The second-order valence-electron chi connectivity index (χ2n) is 6.07. The van der Waals surface area contributed by atoms with E-state index in [0.29, 0.717) is 6.42 Å². The molecular weight excluding hydrogens is 341 g/mol. The molecule has 0 spiro atoms. The Labute approximate surface area is 155 Å². The molecule has 0 rings (SSSR count). The summed E-state index contributed by atoms with van der Waals surface area (Å²) in [7, 11) is 0. The monoisotopic (exact) mass is 374 g/mol. The maximum Gasteiger partial charge on any atom is 0.412 e. The summed E-state index contributed by atoms with van der Waals surface area (Å²) < 4.78 is 38.8. The Morgan fingerprint density at radius 2 is 1.85 bits per heavy atom. The van der Waals surface area contributed by atoms with Gasteiger partial charge in [-0.15, -0.1) is 0 Å². The van der Waals surface area contributed by atoms with Crippen molar-refractivity contribution in [2.24, 2.45) is 0 Å². The number of alkyl halides is 3. The molecule has 1 atom stereocenters. The lowest BCUT2D eigenvalue weighted by Gasteiger charge is -2.15. The molecule has 0 aromatic carbocycles. The summed E-state index contributed by atoms with van der Waals surface area (Å²) in [5.41, 5.74) is -0.621. The second kappa shape index (κ2) is 14.6. The van der Waals surface area contributed by atoms with Crippen LogP contribution in [0.2, 0.25) is 0 Å². The van der Waals surface area contributed by atoms with Crippen LogP contribution in [-0.4, -0.2) is 30.6 Å². The van der Waals surface area contributed by atoms with E-state index in [9.17, 15) is 13.2 Å². The van der Waals surface area contributed by atoms with E-state index < -0.39 is 11.7 Å². The number of allylic oxidation sites excluding steroid dienone is 4. The molecular formula is C20H33F3N2O. The van der Waals surface area contributed by atoms with Crippen molar-refractivity contribution in [1.82, 2.24) is 10.6 Å². The van der Waals surface area contributed by atoms with E-state index in [0.717, 1.165) is 26.3 Å². The zero-order valence-corrected chi connectivity index (χ0v) is 15.9. The molecule has 3 N–H and O–H groups in total. The molecule has 0 amide bonds. The van der Waals surface area contributed by atoms with Crippen LogP contribution >= 0.6 is 0 Å². The summed E-state index contributed by atoms with van der Waals surface area (Å²) >= 11 is 0. The van der Waals surface area contributed by atoms with Gasteiger partial charge in [-0.25, -0.2) is 0 Å². The molecule has 150 valence electrons. The molecule has 0 aromatic heterocycles. The summed E-state index contributed by atoms with van der Waals surface area (Å²) in [6.45, 7) is 7.67. The molecule has 0 bridgehead atoms. The Morgan fingerprint density at radius 1 is 1.15 bits per heavy atom. The summed E-state index contributed by atoms with van der Waals surface area (Å²) in [5, 5.41) is 15.0. The fourth-order valence-electron chi connectivity index (χ4n) is 2.19. The van der Waals surface area contributed by atoms with Crippen molar-refractivity contribution in [3.8, 4) is 0 Å². The van der Waals surface area contributed by atoms with Crippen LogP contribution in [0.4, 0.5) is 13.2 Å². The van der Waals surface area contributed by atoms with Crippen molar-refractivity contribution in [1.29, 1.82) is 0 Å². The summed E-state index contributed by atoms with van der Waals surface area (Å²) in [6.07, 6.45) is 9.04. The van der Waals surface area contributed by atoms with Crippen LogP contribution < -0.4 is 10.6 Å². The van der Waals surface area contributed by atoms with Crippen molar-refractivity contribution in [3.63, 3.8) is 0 Å². The van der Waals surface area contributed by atoms with E-state index in [1.165, 1.54) is 43.7 Å². The lowest BCUT2D eigenvalue weighted by atomic mass is 10.1. The normalized spacial score (nSPS) is 14.7. The maximum atomic E-state index is 12.9. The first kappa shape index (κ1) is 24.5. The third-order valence-electron chi connectivity index (χ3n) is 3.87. The second-order valence-corrected chi connectivity index (χ2v) is 6.07. The average molecular weight is 374 g/mol. The van der Waals surface area contributed by atoms with Gasteiger partial charge in [-0.3, -0.25) is 5.32 Å². The van der Waals surface area contributed by atoms with Gasteiger partial charge in [0.05, 0.1) is 6.17 Å². The van der Waals surface area contributed by atoms with Gasteiger partial charge < -0.3 is 10.4 Å². The molecule has 6 heteroatoms. The average Bonchev–Trinajstić information content (AvgIpc) is 2.60. The minimum absolute atomic E-state index is 0.0563. The van der Waals surface area contributed by atoms with Crippen LogP contribution in [0.3, 0.4) is 0 Å². The predicted octanol–water partition coefficient (Wildman–Crippen LogP) is 4.98. The number of hydrogen-bond donors (Lipinski definition) is 3. The van der Waals surface area contributed by atoms with Gasteiger partial charge in [0.25, 0.3) is 0 Å². The third kappa shape index (κ3) is 11.9. The third-order valence-corrected chi connectivity index (χ3v) is 3.87. The highest BCUT2D eigenvalue weighted by Crippen LogP contribution is 2.28. The van der Waals surface area contributed by atoms with E-state index in [4.69, 9.17) is 5.11 Å². The fraction of sp³-hybridized carbons (Fsp3) is 0.600. The molecule has 0 heterocycles. The Hall–Kier alpha value is -1.53. The van der Waals surface area contributed by atoms with Gasteiger partial charge in [0, 0.05) is 12.2 Å². The highest BCUT2D eigenvalue weighted by molar-refractivity contribution is 5.36. The predicted molar refractivity (Wildman–Crippen MR) is 103 cm³/mol. The van der Waals surface area contributed by atoms with Crippen molar-refractivity contribution in [2.75, 3.05) is 13.2 Å². The van der Waals surface area contributed by atoms with E-state index in [2.05, 4.69) is 24.1 Å². The fourth-order valence-corrected chi connectivity index (χ4v) is 2.19. The van der Waals surface area contributed by atoms with Crippen molar-refractivity contribution in [3.05, 3.63) is 48.2 Å². The number of halogens is 3. The van der Waals surface area contributed by atoms with Gasteiger partial charge in [-0.1, -0.05) is 57.4 Å². The van der Waals surface area contributed by atoms with Gasteiger partial charge in [0.1, 0.15) is 0 Å². The number of aliphatic hydroxyl groups excluding tert-OH is 1. The molecule has 0 aliphatic carbocycles. The quantitative estimate of drug-likeness (QED) is 0.174. The van der Waals surface area contributed by atoms with Crippen molar-refractivity contribution in [2.45, 2.75) is 64.7 Å². The topological polar surface area (TPSA) is 44.3 Å². The lowest BCUT2D eigenvalue weighted by molar-refractivity contribution is -0.0917. The standard InChI is InChI=1S/C20H33F3N2O/c1-4-6-7-8-10-14-24-19(5-2)25-15-13-18(12-9-11-16-26)17(3)20(21,22)23/h5,9,12-13,15,19,24-26H,2,4,6-8,10-11,14,16H2,1,3H3/b12-9-,15-13+,18-17-. The molecule has 0 saturated carbocycles. The molecule has 0 saturated heterocycles. The smallest absolute Gasteiger partial charge is 0.396 e. The molecule has 0 aromatic rings. The van der Waals surface area contributed by atoms with Crippen LogP contribution in [0.25, 0.3) is 0 Å². The van der Waals surface area contributed by atoms with Gasteiger partial charge in [-0.2, -0.15) is 13.2 Å². The highest BCUT2D eigenvalue weighted by Gasteiger charge is 2.31. The van der Waals surface area contributed by atoms with Crippen LogP contribution in [0, 0.1) is 0 Å². The van der Waals surface area contributed by atoms with Crippen LogP contribution in [0.15, 0.2) is 48.2 Å². The van der Waals surface area contributed by atoms with E-state index in [1.807, 2.05) is 0 Å². The van der Waals surface area contributed by atoms with E-state index in [-0.39, 0.29) is 18.3 Å². The SMILES string of the molecule is C=CC(N/C=C/C(/C=C\CCO)=C(/C)C(F)(F)F)NCCCCCCC. The number of aliphatic hydroxyl groups is 1. The van der Waals surface area contributed by atoms with Gasteiger partial charge >= 0.3 is 6.18 Å². The molecule has 0 aliphatic heterocycles.